The van der Waals surface area contributed by atoms with Crippen molar-refractivity contribution >= 4 is 23.5 Å². The summed E-state index contributed by atoms with van der Waals surface area (Å²) in [5.74, 6) is 1.19. The standard InChI is InChI=1S/C21H24ClN5O/c22-19-25-20(23-14-5-4-8-16-6-2-1-3-7-16)27-21(26-19)24-15-13-17-9-11-18(28)12-10-17/h1-3,6-7,9-12,28H,4-5,8,13-15H2,(H2,23,24,25,26,27). The van der Waals surface area contributed by atoms with Gasteiger partial charge >= 0.3 is 0 Å². The Bertz CT molecular complexity index is 858. The summed E-state index contributed by atoms with van der Waals surface area (Å²) in [5.41, 5.74) is 2.47. The van der Waals surface area contributed by atoms with Gasteiger partial charge in [0.2, 0.25) is 17.2 Å². The number of unbranched alkanes of at least 4 members (excludes halogenated alkanes) is 1. The zero-order chi connectivity index (χ0) is 19.6. The first-order valence-corrected chi connectivity index (χ1v) is 9.78. The number of benzene rings is 2. The quantitative estimate of drug-likeness (QED) is 0.442. The van der Waals surface area contributed by atoms with Gasteiger partial charge in [-0.05, 0) is 60.5 Å². The molecule has 0 saturated heterocycles. The molecule has 0 bridgehead atoms. The lowest BCUT2D eigenvalue weighted by atomic mass is 10.1. The zero-order valence-electron chi connectivity index (χ0n) is 15.6. The van der Waals surface area contributed by atoms with Gasteiger partial charge in [-0.1, -0.05) is 42.5 Å². The number of hydrogen-bond acceptors (Lipinski definition) is 6. The minimum absolute atomic E-state index is 0.161. The molecule has 0 fully saturated rings. The van der Waals surface area contributed by atoms with Crippen molar-refractivity contribution in [3.05, 3.63) is 71.0 Å². The molecular weight excluding hydrogens is 374 g/mol. The number of hydrogen-bond donors (Lipinski definition) is 3. The fourth-order valence-corrected chi connectivity index (χ4v) is 2.95. The first kappa shape index (κ1) is 19.9. The van der Waals surface area contributed by atoms with Crippen LogP contribution in [0.1, 0.15) is 24.0 Å². The van der Waals surface area contributed by atoms with E-state index in [-0.39, 0.29) is 11.0 Å². The van der Waals surface area contributed by atoms with Gasteiger partial charge < -0.3 is 15.7 Å². The molecule has 7 heteroatoms. The second-order valence-corrected chi connectivity index (χ2v) is 6.80. The van der Waals surface area contributed by atoms with Crippen molar-refractivity contribution < 1.29 is 5.11 Å². The SMILES string of the molecule is Oc1ccc(CCNc2nc(Cl)nc(NCCCCc3ccccc3)n2)cc1. The fourth-order valence-electron chi connectivity index (χ4n) is 2.79. The van der Waals surface area contributed by atoms with Crippen LogP contribution < -0.4 is 10.6 Å². The predicted molar refractivity (Wildman–Crippen MR) is 113 cm³/mol. The van der Waals surface area contributed by atoms with E-state index >= 15 is 0 Å². The summed E-state index contributed by atoms with van der Waals surface area (Å²) in [5, 5.41) is 15.9. The first-order valence-electron chi connectivity index (χ1n) is 9.40. The lowest BCUT2D eigenvalue weighted by Crippen LogP contribution is -2.12. The fraction of sp³-hybridized carbons (Fsp3) is 0.286. The summed E-state index contributed by atoms with van der Waals surface area (Å²) in [6.07, 6.45) is 3.95. The molecule has 3 aromatic rings. The van der Waals surface area contributed by atoms with Crippen LogP contribution >= 0.6 is 11.6 Å². The van der Waals surface area contributed by atoms with Crippen LogP contribution in [0.4, 0.5) is 11.9 Å². The average Bonchev–Trinajstić information content (AvgIpc) is 2.70. The smallest absolute Gasteiger partial charge is 0.228 e. The van der Waals surface area contributed by atoms with Gasteiger partial charge in [0.15, 0.2) is 0 Å². The van der Waals surface area contributed by atoms with Crippen LogP contribution in [-0.4, -0.2) is 33.1 Å². The summed E-state index contributed by atoms with van der Waals surface area (Å²) < 4.78 is 0. The number of anilines is 2. The van der Waals surface area contributed by atoms with Crippen molar-refractivity contribution in [2.24, 2.45) is 0 Å². The average molecular weight is 398 g/mol. The number of aryl methyl sites for hydroxylation is 1. The van der Waals surface area contributed by atoms with Crippen molar-refractivity contribution in [3.63, 3.8) is 0 Å². The molecule has 0 aliphatic carbocycles. The van der Waals surface area contributed by atoms with E-state index in [1.54, 1.807) is 12.1 Å². The lowest BCUT2D eigenvalue weighted by Gasteiger charge is -2.09. The highest BCUT2D eigenvalue weighted by Gasteiger charge is 2.05. The summed E-state index contributed by atoms with van der Waals surface area (Å²) in [4.78, 5) is 12.6. The second-order valence-electron chi connectivity index (χ2n) is 6.46. The molecule has 0 spiro atoms. The molecule has 0 aliphatic heterocycles. The highest BCUT2D eigenvalue weighted by atomic mass is 35.5. The van der Waals surface area contributed by atoms with Gasteiger partial charge in [-0.2, -0.15) is 15.0 Å². The molecule has 3 N–H and O–H groups in total. The third-order valence-electron chi connectivity index (χ3n) is 4.26. The van der Waals surface area contributed by atoms with Crippen molar-refractivity contribution in [2.75, 3.05) is 23.7 Å². The number of aromatic nitrogens is 3. The monoisotopic (exact) mass is 397 g/mol. The maximum atomic E-state index is 9.32. The number of rotatable bonds is 10. The van der Waals surface area contributed by atoms with Crippen molar-refractivity contribution in [3.8, 4) is 5.75 Å². The molecule has 28 heavy (non-hydrogen) atoms. The van der Waals surface area contributed by atoms with E-state index < -0.39 is 0 Å². The summed E-state index contributed by atoms with van der Waals surface area (Å²) in [7, 11) is 0. The van der Waals surface area contributed by atoms with Crippen LogP contribution in [0, 0.1) is 0 Å². The number of halogens is 1. The highest BCUT2D eigenvalue weighted by Crippen LogP contribution is 2.12. The van der Waals surface area contributed by atoms with Gasteiger partial charge in [-0.3, -0.25) is 0 Å². The molecule has 0 radical (unpaired) electrons. The topological polar surface area (TPSA) is 83.0 Å². The van der Waals surface area contributed by atoms with Gasteiger partial charge in [0.1, 0.15) is 5.75 Å². The maximum Gasteiger partial charge on any atom is 0.228 e. The van der Waals surface area contributed by atoms with Gasteiger partial charge in [-0.15, -0.1) is 0 Å². The highest BCUT2D eigenvalue weighted by molar-refractivity contribution is 6.28. The van der Waals surface area contributed by atoms with Gasteiger partial charge in [0.05, 0.1) is 0 Å². The van der Waals surface area contributed by atoms with E-state index in [1.807, 2.05) is 18.2 Å². The minimum Gasteiger partial charge on any atom is -0.508 e. The maximum absolute atomic E-state index is 9.32. The van der Waals surface area contributed by atoms with Crippen LogP contribution in [0.5, 0.6) is 5.75 Å². The van der Waals surface area contributed by atoms with Crippen molar-refractivity contribution in [1.29, 1.82) is 0 Å². The molecular formula is C21H24ClN5O. The molecule has 0 atom stereocenters. The number of phenols is 1. The Morgan fingerprint density at radius 2 is 1.36 bits per heavy atom. The normalized spacial score (nSPS) is 10.6. The summed E-state index contributed by atoms with van der Waals surface area (Å²) >= 11 is 6.01. The second kappa shape index (κ2) is 10.5. The van der Waals surface area contributed by atoms with E-state index in [0.29, 0.717) is 18.4 Å². The molecule has 146 valence electrons. The molecule has 0 saturated carbocycles. The molecule has 0 unspecified atom stereocenters. The Kier molecular flexibility index (Phi) is 7.44. The molecule has 1 aromatic heterocycles. The molecule has 0 amide bonds. The Morgan fingerprint density at radius 3 is 2.07 bits per heavy atom. The predicted octanol–water partition coefficient (Wildman–Crippen LogP) is 4.32. The summed E-state index contributed by atoms with van der Waals surface area (Å²) in [6, 6.07) is 17.6. The number of phenolic OH excluding ortho intramolecular Hbond substituents is 1. The molecule has 0 aliphatic rings. The Balaban J connectivity index is 1.41. The Labute approximate surface area is 170 Å². The third kappa shape index (κ3) is 6.70. The van der Waals surface area contributed by atoms with E-state index in [1.165, 1.54) is 5.56 Å². The number of aromatic hydroxyl groups is 1. The third-order valence-corrected chi connectivity index (χ3v) is 4.43. The van der Waals surface area contributed by atoms with Gasteiger partial charge in [-0.25, -0.2) is 0 Å². The molecule has 1 heterocycles. The molecule has 2 aromatic carbocycles. The van der Waals surface area contributed by atoms with Crippen LogP contribution in [0.2, 0.25) is 5.28 Å². The Morgan fingerprint density at radius 1 is 0.714 bits per heavy atom. The first-order chi connectivity index (χ1) is 13.7. The van der Waals surface area contributed by atoms with E-state index in [0.717, 1.165) is 37.8 Å². The van der Waals surface area contributed by atoms with Crippen LogP contribution in [-0.2, 0) is 12.8 Å². The molecule has 6 nitrogen and oxygen atoms in total. The minimum atomic E-state index is 0.161. The van der Waals surface area contributed by atoms with Crippen LogP contribution in [0.15, 0.2) is 54.6 Å². The Hall–Kier alpha value is -2.86. The number of nitrogens with one attached hydrogen (secondary N) is 2. The van der Waals surface area contributed by atoms with Gasteiger partial charge in [0.25, 0.3) is 0 Å². The summed E-state index contributed by atoms with van der Waals surface area (Å²) in [6.45, 7) is 1.43. The molecule has 3 rings (SSSR count). The van der Waals surface area contributed by atoms with E-state index in [2.05, 4.69) is 49.9 Å². The van der Waals surface area contributed by atoms with E-state index in [9.17, 15) is 5.11 Å². The zero-order valence-corrected chi connectivity index (χ0v) is 16.4. The number of nitrogens with zero attached hydrogens (tertiary/aromatic N) is 3. The largest absolute Gasteiger partial charge is 0.508 e. The van der Waals surface area contributed by atoms with Crippen LogP contribution in [0.25, 0.3) is 0 Å². The van der Waals surface area contributed by atoms with Crippen molar-refractivity contribution in [2.45, 2.75) is 25.7 Å². The van der Waals surface area contributed by atoms with E-state index in [4.69, 9.17) is 11.6 Å². The van der Waals surface area contributed by atoms with Crippen LogP contribution in [0.3, 0.4) is 0 Å². The van der Waals surface area contributed by atoms with Crippen molar-refractivity contribution in [1.82, 2.24) is 15.0 Å². The van der Waals surface area contributed by atoms with Gasteiger partial charge in [0, 0.05) is 13.1 Å². The lowest BCUT2D eigenvalue weighted by molar-refractivity contribution is 0.475.